The van der Waals surface area contributed by atoms with E-state index in [0.29, 0.717) is 0 Å². The summed E-state index contributed by atoms with van der Waals surface area (Å²) in [6.07, 6.45) is -2.75. The monoisotopic (exact) mass is 204 g/mol. The summed E-state index contributed by atoms with van der Waals surface area (Å²) in [6.45, 7) is 1.07. The zero-order valence-electron chi connectivity index (χ0n) is 8.21. The van der Waals surface area contributed by atoms with Crippen molar-refractivity contribution < 1.29 is 20.1 Å². The molecule has 1 aliphatic rings. The van der Waals surface area contributed by atoms with E-state index in [9.17, 15) is 15.0 Å². The molecule has 6 nitrogen and oxygen atoms in total. The maximum absolute atomic E-state index is 10.8. The van der Waals surface area contributed by atoms with E-state index in [0.717, 1.165) is 0 Å². The molecule has 4 N–H and O–H groups in total. The van der Waals surface area contributed by atoms with Crippen LogP contribution >= 0.6 is 0 Å². The molecule has 0 spiro atoms. The largest absolute Gasteiger partial charge is 0.395 e. The van der Waals surface area contributed by atoms with Gasteiger partial charge in [0, 0.05) is 6.92 Å². The molecule has 1 aliphatic heterocycles. The molecule has 1 saturated heterocycles. The fourth-order valence-electron chi connectivity index (χ4n) is 1.73. The molecule has 0 bridgehead atoms. The van der Waals surface area contributed by atoms with Gasteiger partial charge in [0.1, 0.15) is 18.4 Å². The Morgan fingerprint density at radius 3 is 2.36 bits per heavy atom. The highest BCUT2D eigenvalue weighted by atomic mass is 16.3. The summed E-state index contributed by atoms with van der Waals surface area (Å²) in [4.78, 5) is 12.4. The minimum atomic E-state index is -1.07. The fraction of sp³-hybridized carbons (Fsp3) is 0.875. The van der Waals surface area contributed by atoms with Gasteiger partial charge >= 0.3 is 0 Å². The number of rotatable bonds is 2. The molecular weight excluding hydrogens is 188 g/mol. The number of likely N-dealkylation sites (tertiary alicyclic amines) is 1. The topological polar surface area (TPSA) is 93.0 Å². The molecule has 6 heteroatoms. The Balaban J connectivity index is 2.72. The Morgan fingerprint density at radius 1 is 1.43 bits per heavy atom. The third-order valence-electron chi connectivity index (χ3n) is 2.57. The number of likely N-dealkylation sites (N-methyl/N-ethyl adjacent to an activating group) is 1. The van der Waals surface area contributed by atoms with E-state index < -0.39 is 24.4 Å². The van der Waals surface area contributed by atoms with Gasteiger partial charge in [-0.05, 0) is 7.05 Å². The van der Waals surface area contributed by atoms with E-state index in [1.54, 1.807) is 11.9 Å². The number of nitrogens with one attached hydrogen (secondary N) is 1. The Bertz CT molecular complexity index is 223. The molecule has 4 atom stereocenters. The molecule has 1 rings (SSSR count). The molecule has 0 radical (unpaired) electrons. The molecule has 1 amide bonds. The maximum Gasteiger partial charge on any atom is 0.218 e. The summed E-state index contributed by atoms with van der Waals surface area (Å²) in [7, 11) is 1.63. The van der Waals surface area contributed by atoms with Crippen LogP contribution in [0.25, 0.3) is 0 Å². The Hall–Kier alpha value is -0.690. The van der Waals surface area contributed by atoms with Gasteiger partial charge < -0.3 is 20.6 Å². The zero-order chi connectivity index (χ0) is 10.9. The van der Waals surface area contributed by atoms with Crippen molar-refractivity contribution >= 4 is 5.91 Å². The third kappa shape index (κ3) is 1.88. The first kappa shape index (κ1) is 11.4. The van der Waals surface area contributed by atoms with E-state index in [1.807, 2.05) is 0 Å². The van der Waals surface area contributed by atoms with Crippen molar-refractivity contribution in [3.05, 3.63) is 0 Å². The molecular formula is C8H16N2O4. The van der Waals surface area contributed by atoms with Crippen LogP contribution in [0.2, 0.25) is 0 Å². The average Bonchev–Trinajstić information content (AvgIpc) is 2.30. The van der Waals surface area contributed by atoms with Crippen LogP contribution in [0.15, 0.2) is 0 Å². The Morgan fingerprint density at radius 2 is 2.00 bits per heavy atom. The van der Waals surface area contributed by atoms with Crippen molar-refractivity contribution in [2.45, 2.75) is 31.3 Å². The summed E-state index contributed by atoms with van der Waals surface area (Å²) in [6, 6.07) is -0.540. The van der Waals surface area contributed by atoms with Gasteiger partial charge in [-0.15, -0.1) is 0 Å². The summed E-state index contributed by atoms with van der Waals surface area (Å²) in [5.74, 6) is -0.285. The molecule has 0 saturated carbocycles. The van der Waals surface area contributed by atoms with Crippen LogP contribution in [0, 0.1) is 0 Å². The number of hydrogen-bond acceptors (Lipinski definition) is 5. The van der Waals surface area contributed by atoms with Crippen LogP contribution in [-0.4, -0.2) is 64.2 Å². The highest BCUT2D eigenvalue weighted by Crippen LogP contribution is 2.21. The van der Waals surface area contributed by atoms with Crippen LogP contribution in [0.1, 0.15) is 6.92 Å². The van der Waals surface area contributed by atoms with E-state index in [-0.39, 0.29) is 12.5 Å². The Labute approximate surface area is 82.1 Å². The predicted octanol–water partition coefficient (Wildman–Crippen LogP) is -2.52. The van der Waals surface area contributed by atoms with E-state index in [1.165, 1.54) is 6.92 Å². The van der Waals surface area contributed by atoms with Crippen LogP contribution in [0.4, 0.5) is 0 Å². The van der Waals surface area contributed by atoms with Gasteiger partial charge in [0.25, 0.3) is 0 Å². The fourth-order valence-corrected chi connectivity index (χ4v) is 1.73. The second-order valence-electron chi connectivity index (χ2n) is 3.54. The van der Waals surface area contributed by atoms with Gasteiger partial charge in [0.05, 0.1) is 12.6 Å². The van der Waals surface area contributed by atoms with Crippen molar-refractivity contribution in [2.75, 3.05) is 13.7 Å². The van der Waals surface area contributed by atoms with Crippen LogP contribution in [-0.2, 0) is 4.79 Å². The lowest BCUT2D eigenvalue weighted by Crippen LogP contribution is -2.49. The highest BCUT2D eigenvalue weighted by molar-refractivity contribution is 5.73. The second-order valence-corrected chi connectivity index (χ2v) is 3.54. The van der Waals surface area contributed by atoms with E-state index in [4.69, 9.17) is 5.11 Å². The first-order chi connectivity index (χ1) is 6.49. The summed E-state index contributed by atoms with van der Waals surface area (Å²) < 4.78 is 0. The number of carbonyl (C=O) groups is 1. The highest BCUT2D eigenvalue weighted by Gasteiger charge is 2.45. The maximum atomic E-state index is 10.8. The third-order valence-corrected chi connectivity index (χ3v) is 2.57. The van der Waals surface area contributed by atoms with Gasteiger partial charge in [-0.1, -0.05) is 0 Å². The second kappa shape index (κ2) is 4.22. The lowest BCUT2D eigenvalue weighted by molar-refractivity contribution is -0.121. The van der Waals surface area contributed by atoms with Crippen molar-refractivity contribution in [3.63, 3.8) is 0 Å². The number of aliphatic hydroxyl groups is 3. The lowest BCUT2D eigenvalue weighted by Gasteiger charge is -2.24. The SMILES string of the molecule is CC(=O)N[C@H]1[C@@H](O)[C@H](O)[C@@H](CO)N1C. The zero-order valence-corrected chi connectivity index (χ0v) is 8.21. The summed E-state index contributed by atoms with van der Waals surface area (Å²) in [5.41, 5.74) is 0. The van der Waals surface area contributed by atoms with Gasteiger partial charge in [-0.2, -0.15) is 0 Å². The molecule has 0 aromatic rings. The number of carbonyl (C=O) groups excluding carboxylic acids is 1. The molecule has 0 aliphatic carbocycles. The number of hydrogen-bond donors (Lipinski definition) is 4. The minimum Gasteiger partial charge on any atom is -0.395 e. The number of amides is 1. The smallest absolute Gasteiger partial charge is 0.218 e. The number of aliphatic hydroxyl groups excluding tert-OH is 3. The first-order valence-electron chi connectivity index (χ1n) is 4.45. The molecule has 0 aromatic heterocycles. The summed E-state index contributed by atoms with van der Waals surface area (Å²) >= 11 is 0. The van der Waals surface area contributed by atoms with Gasteiger partial charge in [0.15, 0.2) is 0 Å². The first-order valence-corrected chi connectivity index (χ1v) is 4.45. The lowest BCUT2D eigenvalue weighted by atomic mass is 10.1. The van der Waals surface area contributed by atoms with Crippen molar-refractivity contribution in [1.29, 1.82) is 0 Å². The normalized spacial score (nSPS) is 38.6. The van der Waals surface area contributed by atoms with Crippen LogP contribution in [0.5, 0.6) is 0 Å². The average molecular weight is 204 g/mol. The minimum absolute atomic E-state index is 0.259. The quantitative estimate of drug-likeness (QED) is 0.398. The number of nitrogens with zero attached hydrogens (tertiary/aromatic N) is 1. The van der Waals surface area contributed by atoms with Crippen molar-refractivity contribution in [2.24, 2.45) is 0 Å². The van der Waals surface area contributed by atoms with Crippen LogP contribution < -0.4 is 5.32 Å². The molecule has 0 aromatic carbocycles. The van der Waals surface area contributed by atoms with Gasteiger partial charge in [-0.3, -0.25) is 9.69 Å². The van der Waals surface area contributed by atoms with Crippen molar-refractivity contribution in [1.82, 2.24) is 10.2 Å². The summed E-state index contributed by atoms with van der Waals surface area (Å²) in [5, 5.41) is 30.5. The molecule has 1 heterocycles. The predicted molar refractivity (Wildman–Crippen MR) is 48.3 cm³/mol. The standard InChI is InChI=1S/C8H16N2O4/c1-4(12)9-8-7(14)6(13)5(3-11)10(8)2/h5-8,11,13-14H,3H2,1-2H3,(H,9,12)/t5-,6-,7+,8-/m1/s1. The molecule has 1 fully saturated rings. The molecule has 82 valence electrons. The van der Waals surface area contributed by atoms with Gasteiger partial charge in [0.2, 0.25) is 5.91 Å². The van der Waals surface area contributed by atoms with Crippen LogP contribution in [0.3, 0.4) is 0 Å². The van der Waals surface area contributed by atoms with E-state index in [2.05, 4.69) is 5.32 Å². The van der Waals surface area contributed by atoms with E-state index >= 15 is 0 Å². The Kier molecular flexibility index (Phi) is 3.43. The molecule has 14 heavy (non-hydrogen) atoms. The molecule has 0 unspecified atom stereocenters. The van der Waals surface area contributed by atoms with Crippen molar-refractivity contribution in [3.8, 4) is 0 Å². The van der Waals surface area contributed by atoms with Gasteiger partial charge in [-0.25, -0.2) is 0 Å².